The van der Waals surface area contributed by atoms with E-state index in [9.17, 15) is 14.4 Å². The smallest absolute Gasteiger partial charge is 0.334 e. The summed E-state index contributed by atoms with van der Waals surface area (Å²) in [6, 6.07) is 5.17. The lowest BCUT2D eigenvalue weighted by Crippen LogP contribution is -2.36. The summed E-state index contributed by atoms with van der Waals surface area (Å²) in [5.74, 6) is -0.943. The van der Waals surface area contributed by atoms with Gasteiger partial charge < -0.3 is 4.74 Å². The van der Waals surface area contributed by atoms with Crippen molar-refractivity contribution in [1.29, 1.82) is 0 Å². The number of nitrogens with zero attached hydrogens (tertiary/aromatic N) is 2. The van der Waals surface area contributed by atoms with Crippen LogP contribution in [0.2, 0.25) is 0 Å². The SMILES string of the molecule is C=CCN1C(=O)C(=O)N(CCOc2cc(C)ccc2C)C1=O. The van der Waals surface area contributed by atoms with Gasteiger partial charge in [0.25, 0.3) is 0 Å². The largest absolute Gasteiger partial charge is 0.491 e. The van der Waals surface area contributed by atoms with E-state index in [0.29, 0.717) is 5.75 Å². The molecule has 6 heteroatoms. The third kappa shape index (κ3) is 3.00. The van der Waals surface area contributed by atoms with Crippen molar-refractivity contribution < 1.29 is 19.1 Å². The van der Waals surface area contributed by atoms with Gasteiger partial charge in [-0.1, -0.05) is 18.2 Å². The standard InChI is InChI=1S/C16H18N2O4/c1-4-7-17-14(19)15(20)18(16(17)21)8-9-22-13-10-11(2)5-6-12(13)3/h4-6,10H,1,7-9H2,2-3H3. The zero-order valence-corrected chi connectivity index (χ0v) is 12.7. The van der Waals surface area contributed by atoms with Crippen LogP contribution in [0, 0.1) is 13.8 Å². The lowest BCUT2D eigenvalue weighted by atomic mass is 10.1. The maximum atomic E-state index is 12.0. The van der Waals surface area contributed by atoms with Crippen molar-refractivity contribution in [2.75, 3.05) is 19.7 Å². The Morgan fingerprint density at radius 3 is 2.50 bits per heavy atom. The minimum absolute atomic E-state index is 0.0255. The Bertz CT molecular complexity index is 639. The predicted octanol–water partition coefficient (Wildman–Crippen LogP) is 1.66. The number of aryl methyl sites for hydroxylation is 2. The fourth-order valence-corrected chi connectivity index (χ4v) is 2.15. The van der Waals surface area contributed by atoms with Gasteiger partial charge >= 0.3 is 17.8 Å². The maximum Gasteiger partial charge on any atom is 0.334 e. The molecule has 1 aromatic carbocycles. The maximum absolute atomic E-state index is 12.0. The number of hydrogen-bond donors (Lipinski definition) is 0. The molecule has 1 fully saturated rings. The zero-order chi connectivity index (χ0) is 16.3. The van der Waals surface area contributed by atoms with Crippen LogP contribution in [0.3, 0.4) is 0 Å². The van der Waals surface area contributed by atoms with Gasteiger partial charge in [0.05, 0.1) is 6.54 Å². The van der Waals surface area contributed by atoms with E-state index >= 15 is 0 Å². The number of urea groups is 1. The molecule has 1 aliphatic rings. The number of amides is 4. The average molecular weight is 302 g/mol. The van der Waals surface area contributed by atoms with E-state index in [1.54, 1.807) is 0 Å². The minimum Gasteiger partial charge on any atom is -0.491 e. The van der Waals surface area contributed by atoms with Gasteiger partial charge in [-0.3, -0.25) is 19.4 Å². The van der Waals surface area contributed by atoms with E-state index in [4.69, 9.17) is 4.74 Å². The molecule has 0 spiro atoms. The van der Waals surface area contributed by atoms with Gasteiger partial charge in [-0.05, 0) is 31.0 Å². The highest BCUT2D eigenvalue weighted by Gasteiger charge is 2.43. The summed E-state index contributed by atoms with van der Waals surface area (Å²) >= 11 is 0. The van der Waals surface area contributed by atoms with Gasteiger partial charge in [0.2, 0.25) is 0 Å². The van der Waals surface area contributed by atoms with E-state index < -0.39 is 17.8 Å². The summed E-state index contributed by atoms with van der Waals surface area (Å²) in [7, 11) is 0. The van der Waals surface area contributed by atoms with Gasteiger partial charge in [0.15, 0.2) is 0 Å². The molecule has 0 bridgehead atoms. The minimum atomic E-state index is -0.823. The van der Waals surface area contributed by atoms with Gasteiger partial charge in [-0.2, -0.15) is 0 Å². The van der Waals surface area contributed by atoms with E-state index in [1.165, 1.54) is 6.08 Å². The van der Waals surface area contributed by atoms with Crippen molar-refractivity contribution in [3.8, 4) is 5.75 Å². The fraction of sp³-hybridized carbons (Fsp3) is 0.312. The van der Waals surface area contributed by atoms with Crippen LogP contribution in [0.4, 0.5) is 4.79 Å². The molecule has 1 aromatic rings. The quantitative estimate of drug-likeness (QED) is 0.455. The Kier molecular flexibility index (Phi) is 4.60. The number of hydrogen-bond acceptors (Lipinski definition) is 4. The zero-order valence-electron chi connectivity index (χ0n) is 12.7. The van der Waals surface area contributed by atoms with Gasteiger partial charge in [0, 0.05) is 6.54 Å². The average Bonchev–Trinajstić information content (AvgIpc) is 2.68. The number of rotatable bonds is 6. The number of imide groups is 2. The van der Waals surface area contributed by atoms with E-state index in [2.05, 4.69) is 6.58 Å². The summed E-state index contributed by atoms with van der Waals surface area (Å²) in [5, 5.41) is 0. The second-order valence-electron chi connectivity index (χ2n) is 5.06. The molecular formula is C16H18N2O4. The van der Waals surface area contributed by atoms with Crippen LogP contribution in [-0.2, 0) is 9.59 Å². The Balaban J connectivity index is 1.98. The van der Waals surface area contributed by atoms with Crippen LogP contribution in [0.5, 0.6) is 5.75 Å². The lowest BCUT2D eigenvalue weighted by Gasteiger charge is -2.15. The highest BCUT2D eigenvalue weighted by molar-refractivity contribution is 6.44. The molecule has 0 N–H and O–H groups in total. The van der Waals surface area contributed by atoms with Crippen molar-refractivity contribution in [3.63, 3.8) is 0 Å². The second-order valence-corrected chi connectivity index (χ2v) is 5.06. The third-order valence-corrected chi connectivity index (χ3v) is 3.36. The molecule has 0 aromatic heterocycles. The second kappa shape index (κ2) is 6.43. The molecule has 6 nitrogen and oxygen atoms in total. The molecule has 0 aliphatic carbocycles. The van der Waals surface area contributed by atoms with E-state index in [1.807, 2.05) is 32.0 Å². The summed E-state index contributed by atoms with van der Waals surface area (Å²) in [5.41, 5.74) is 2.02. The molecular weight excluding hydrogens is 284 g/mol. The van der Waals surface area contributed by atoms with Crippen molar-refractivity contribution in [1.82, 2.24) is 9.80 Å². The van der Waals surface area contributed by atoms with Crippen LogP contribution in [-0.4, -0.2) is 47.3 Å². The molecule has 0 saturated carbocycles. The highest BCUT2D eigenvalue weighted by Crippen LogP contribution is 2.19. The number of carbonyl (C=O) groups excluding carboxylic acids is 3. The summed E-state index contributed by atoms with van der Waals surface area (Å²) < 4.78 is 5.61. The molecule has 2 rings (SSSR count). The number of benzene rings is 1. The van der Waals surface area contributed by atoms with Crippen molar-refractivity contribution >= 4 is 17.8 Å². The molecule has 116 valence electrons. The van der Waals surface area contributed by atoms with Gasteiger partial charge in [-0.25, -0.2) is 4.79 Å². The Labute approximate surface area is 129 Å². The fourth-order valence-electron chi connectivity index (χ4n) is 2.15. The summed E-state index contributed by atoms with van der Waals surface area (Å²) in [6.07, 6.45) is 1.40. The summed E-state index contributed by atoms with van der Waals surface area (Å²) in [6.45, 7) is 7.52. The first-order valence-electron chi connectivity index (χ1n) is 6.94. The molecule has 0 radical (unpaired) electrons. The predicted molar refractivity (Wildman–Crippen MR) is 80.4 cm³/mol. The van der Waals surface area contributed by atoms with Crippen LogP contribution >= 0.6 is 0 Å². The van der Waals surface area contributed by atoms with Crippen molar-refractivity contribution in [2.24, 2.45) is 0 Å². The molecule has 1 aliphatic heterocycles. The molecule has 0 unspecified atom stereocenters. The molecule has 4 amide bonds. The monoisotopic (exact) mass is 302 g/mol. The van der Waals surface area contributed by atoms with Crippen molar-refractivity contribution in [3.05, 3.63) is 42.0 Å². The first kappa shape index (κ1) is 15.8. The Morgan fingerprint density at radius 2 is 1.82 bits per heavy atom. The van der Waals surface area contributed by atoms with Crippen molar-refractivity contribution in [2.45, 2.75) is 13.8 Å². The first-order valence-corrected chi connectivity index (χ1v) is 6.94. The molecule has 1 heterocycles. The van der Waals surface area contributed by atoms with E-state index in [-0.39, 0.29) is 19.7 Å². The number of ether oxygens (including phenoxy) is 1. The van der Waals surface area contributed by atoms with Crippen LogP contribution < -0.4 is 4.74 Å². The molecule has 0 atom stereocenters. The molecule has 1 saturated heterocycles. The molecule has 22 heavy (non-hydrogen) atoms. The Morgan fingerprint density at radius 1 is 1.14 bits per heavy atom. The summed E-state index contributed by atoms with van der Waals surface area (Å²) in [4.78, 5) is 37.2. The van der Waals surface area contributed by atoms with Gasteiger partial charge in [-0.15, -0.1) is 6.58 Å². The first-order chi connectivity index (χ1) is 10.5. The normalized spacial score (nSPS) is 14.7. The lowest BCUT2D eigenvalue weighted by molar-refractivity contribution is -0.143. The van der Waals surface area contributed by atoms with E-state index in [0.717, 1.165) is 20.9 Å². The van der Waals surface area contributed by atoms with Crippen LogP contribution in [0.15, 0.2) is 30.9 Å². The van der Waals surface area contributed by atoms with Crippen LogP contribution in [0.25, 0.3) is 0 Å². The highest BCUT2D eigenvalue weighted by atomic mass is 16.5. The Hall–Kier alpha value is -2.63. The third-order valence-electron chi connectivity index (χ3n) is 3.36. The topological polar surface area (TPSA) is 66.9 Å². The van der Waals surface area contributed by atoms with Gasteiger partial charge in [0.1, 0.15) is 12.4 Å². The number of carbonyl (C=O) groups is 3. The van der Waals surface area contributed by atoms with Crippen LogP contribution in [0.1, 0.15) is 11.1 Å².